The van der Waals surface area contributed by atoms with E-state index in [0.29, 0.717) is 0 Å². The molecule has 114 valence electrons. The van der Waals surface area contributed by atoms with Gasteiger partial charge < -0.3 is 4.90 Å². The molecular formula is C19H33N. The Labute approximate surface area is 126 Å². The minimum absolute atomic E-state index is 0.971. The fourth-order valence-electron chi connectivity index (χ4n) is 1.95. The Morgan fingerprint density at radius 1 is 1.10 bits per heavy atom. The molecule has 0 radical (unpaired) electrons. The summed E-state index contributed by atoms with van der Waals surface area (Å²) in [6, 6.07) is 0. The van der Waals surface area contributed by atoms with Gasteiger partial charge in [-0.1, -0.05) is 76.5 Å². The van der Waals surface area contributed by atoms with Gasteiger partial charge >= 0.3 is 0 Å². The molecule has 1 heteroatoms. The quantitative estimate of drug-likeness (QED) is 0.336. The van der Waals surface area contributed by atoms with E-state index in [1.165, 1.54) is 24.8 Å². The van der Waals surface area contributed by atoms with Crippen molar-refractivity contribution < 1.29 is 0 Å². The topological polar surface area (TPSA) is 3.24 Å². The number of allylic oxidation sites excluding steroid dienone is 5. The van der Waals surface area contributed by atoms with E-state index in [-0.39, 0.29) is 0 Å². The number of rotatable bonds is 11. The number of unbranched alkanes of at least 4 members (excludes halogenated alkanes) is 2. The van der Waals surface area contributed by atoms with Gasteiger partial charge in [-0.15, -0.1) is 0 Å². The molecule has 0 aliphatic rings. The highest BCUT2D eigenvalue weighted by molar-refractivity contribution is 5.19. The number of hydrogen-bond acceptors (Lipinski definition) is 1. The lowest BCUT2D eigenvalue weighted by Gasteiger charge is -2.21. The second-order valence-electron chi connectivity index (χ2n) is 5.30. The molecule has 0 N–H and O–H groups in total. The van der Waals surface area contributed by atoms with E-state index in [2.05, 4.69) is 69.7 Å². The highest BCUT2D eigenvalue weighted by Gasteiger charge is 2.02. The Hall–Kier alpha value is -1.24. The molecule has 0 saturated carbocycles. The van der Waals surface area contributed by atoms with E-state index in [1.807, 2.05) is 0 Å². The van der Waals surface area contributed by atoms with Gasteiger partial charge in [-0.05, 0) is 25.3 Å². The molecule has 0 aliphatic heterocycles. The summed E-state index contributed by atoms with van der Waals surface area (Å²) < 4.78 is 0. The predicted octanol–water partition coefficient (Wildman–Crippen LogP) is 5.87. The highest BCUT2D eigenvalue weighted by Crippen LogP contribution is 2.11. The second-order valence-corrected chi connectivity index (χ2v) is 5.30. The molecule has 20 heavy (non-hydrogen) atoms. The van der Waals surface area contributed by atoms with E-state index < -0.39 is 0 Å². The average Bonchev–Trinajstić information content (AvgIpc) is 2.43. The molecule has 0 spiro atoms. The van der Waals surface area contributed by atoms with Crippen LogP contribution < -0.4 is 0 Å². The molecule has 0 saturated heterocycles. The first kappa shape index (κ1) is 18.8. The fourth-order valence-corrected chi connectivity index (χ4v) is 1.95. The zero-order valence-corrected chi connectivity index (χ0v) is 14.0. The van der Waals surface area contributed by atoms with E-state index in [1.54, 1.807) is 0 Å². The zero-order chi connectivity index (χ0) is 15.2. The molecule has 0 rings (SSSR count). The fraction of sp³-hybridized carbons (Fsp3) is 0.579. The molecular weight excluding hydrogens is 242 g/mol. The first-order valence-electron chi connectivity index (χ1n) is 8.06. The predicted molar refractivity (Wildman–Crippen MR) is 92.9 cm³/mol. The molecule has 0 bridgehead atoms. The molecule has 0 aromatic carbocycles. The summed E-state index contributed by atoms with van der Waals surface area (Å²) in [5, 5.41) is 0. The summed E-state index contributed by atoms with van der Waals surface area (Å²) in [6.45, 7) is 11.7. The van der Waals surface area contributed by atoms with E-state index in [4.69, 9.17) is 0 Å². The van der Waals surface area contributed by atoms with Crippen molar-refractivity contribution in [1.29, 1.82) is 0 Å². The summed E-state index contributed by atoms with van der Waals surface area (Å²) in [5.41, 5.74) is 2.57. The van der Waals surface area contributed by atoms with Crippen molar-refractivity contribution in [3.8, 4) is 0 Å². The maximum atomic E-state index is 4.16. The van der Waals surface area contributed by atoms with Gasteiger partial charge in [-0.2, -0.15) is 0 Å². The Balaban J connectivity index is 4.39. The van der Waals surface area contributed by atoms with Crippen molar-refractivity contribution in [2.45, 2.75) is 59.3 Å². The standard InChI is InChI=1S/C19H33N/c1-6-9-11-13-15-18(4)20(5)17-19(14-8-3)16-12-10-7-2/h10,12-13,15-16H,4,6-9,11,14,17H2,1-3,5H3/b12-10-,15-13+,19-16+. The van der Waals surface area contributed by atoms with E-state index in [9.17, 15) is 0 Å². The SMILES string of the molecule is C=C(/C=C/CCCC)N(C)C/C(=C/C=C\CC)CCC. The van der Waals surface area contributed by atoms with Crippen LogP contribution in [0.5, 0.6) is 0 Å². The monoisotopic (exact) mass is 275 g/mol. The minimum atomic E-state index is 0.971. The Morgan fingerprint density at radius 2 is 1.85 bits per heavy atom. The van der Waals surface area contributed by atoms with Crippen molar-refractivity contribution in [2.75, 3.05) is 13.6 Å². The third-order valence-electron chi connectivity index (χ3n) is 3.24. The number of hydrogen-bond donors (Lipinski definition) is 0. The highest BCUT2D eigenvalue weighted by atomic mass is 15.1. The van der Waals surface area contributed by atoms with Crippen LogP contribution in [-0.4, -0.2) is 18.5 Å². The molecule has 0 amide bonds. The Kier molecular flexibility index (Phi) is 12.0. The first-order valence-corrected chi connectivity index (χ1v) is 8.06. The van der Waals surface area contributed by atoms with Gasteiger partial charge in [-0.3, -0.25) is 0 Å². The summed E-state index contributed by atoms with van der Waals surface area (Å²) in [6.07, 6.45) is 18.1. The molecule has 0 heterocycles. The van der Waals surface area contributed by atoms with Crippen LogP contribution >= 0.6 is 0 Å². The van der Waals surface area contributed by atoms with Crippen LogP contribution in [0.1, 0.15) is 59.3 Å². The summed E-state index contributed by atoms with van der Waals surface area (Å²) in [7, 11) is 2.12. The lowest BCUT2D eigenvalue weighted by molar-refractivity contribution is 0.462. The summed E-state index contributed by atoms with van der Waals surface area (Å²) in [4.78, 5) is 2.24. The Bertz CT molecular complexity index is 334. The third kappa shape index (κ3) is 9.66. The van der Waals surface area contributed by atoms with Crippen molar-refractivity contribution in [2.24, 2.45) is 0 Å². The zero-order valence-electron chi connectivity index (χ0n) is 14.0. The van der Waals surface area contributed by atoms with Crippen LogP contribution in [-0.2, 0) is 0 Å². The van der Waals surface area contributed by atoms with Gasteiger partial charge in [0.1, 0.15) is 0 Å². The molecule has 0 aromatic heterocycles. The van der Waals surface area contributed by atoms with Gasteiger partial charge in [0.15, 0.2) is 0 Å². The van der Waals surface area contributed by atoms with Crippen LogP contribution in [0.2, 0.25) is 0 Å². The van der Waals surface area contributed by atoms with E-state index in [0.717, 1.165) is 31.5 Å². The maximum Gasteiger partial charge on any atom is 0.0388 e. The maximum absolute atomic E-state index is 4.16. The molecule has 0 unspecified atom stereocenters. The van der Waals surface area contributed by atoms with Gasteiger partial charge in [-0.25, -0.2) is 0 Å². The van der Waals surface area contributed by atoms with Crippen LogP contribution in [0.15, 0.2) is 48.2 Å². The van der Waals surface area contributed by atoms with Gasteiger partial charge in [0.05, 0.1) is 0 Å². The normalized spacial score (nSPS) is 12.5. The van der Waals surface area contributed by atoms with Crippen molar-refractivity contribution in [3.63, 3.8) is 0 Å². The average molecular weight is 275 g/mol. The second kappa shape index (κ2) is 12.8. The van der Waals surface area contributed by atoms with E-state index >= 15 is 0 Å². The summed E-state index contributed by atoms with van der Waals surface area (Å²) >= 11 is 0. The minimum Gasteiger partial charge on any atom is -0.371 e. The first-order chi connectivity index (χ1) is 9.65. The van der Waals surface area contributed by atoms with Crippen LogP contribution in [0.25, 0.3) is 0 Å². The summed E-state index contributed by atoms with van der Waals surface area (Å²) in [5.74, 6) is 0. The molecule has 0 aromatic rings. The molecule has 0 fully saturated rings. The van der Waals surface area contributed by atoms with Gasteiger partial charge in [0.2, 0.25) is 0 Å². The molecule has 0 aliphatic carbocycles. The van der Waals surface area contributed by atoms with Crippen LogP contribution in [0.3, 0.4) is 0 Å². The van der Waals surface area contributed by atoms with Gasteiger partial charge in [0, 0.05) is 19.3 Å². The van der Waals surface area contributed by atoms with Crippen molar-refractivity contribution >= 4 is 0 Å². The molecule has 1 nitrogen and oxygen atoms in total. The molecule has 0 atom stereocenters. The van der Waals surface area contributed by atoms with Crippen molar-refractivity contribution in [3.05, 3.63) is 48.2 Å². The smallest absolute Gasteiger partial charge is 0.0388 e. The lowest BCUT2D eigenvalue weighted by atomic mass is 10.1. The van der Waals surface area contributed by atoms with Crippen LogP contribution in [0.4, 0.5) is 0 Å². The van der Waals surface area contributed by atoms with Gasteiger partial charge in [0.25, 0.3) is 0 Å². The van der Waals surface area contributed by atoms with Crippen LogP contribution in [0, 0.1) is 0 Å². The van der Waals surface area contributed by atoms with Crippen molar-refractivity contribution in [1.82, 2.24) is 4.90 Å². The lowest BCUT2D eigenvalue weighted by Crippen LogP contribution is -2.19. The number of likely N-dealkylation sites (N-methyl/N-ethyl adjacent to an activating group) is 1. The third-order valence-corrected chi connectivity index (χ3v) is 3.24. The number of nitrogens with zero attached hydrogens (tertiary/aromatic N) is 1. The largest absolute Gasteiger partial charge is 0.371 e. The Morgan fingerprint density at radius 3 is 2.45 bits per heavy atom.